The quantitative estimate of drug-likeness (QED) is 0.780. The summed E-state index contributed by atoms with van der Waals surface area (Å²) in [6.07, 6.45) is 2.09. The molecule has 1 amide bonds. The van der Waals surface area contributed by atoms with Crippen LogP contribution in [0.4, 0.5) is 4.39 Å². The van der Waals surface area contributed by atoms with Crippen molar-refractivity contribution >= 4 is 17.5 Å². The Morgan fingerprint density at radius 1 is 1.47 bits per heavy atom. The van der Waals surface area contributed by atoms with E-state index in [1.54, 1.807) is 13.2 Å². The fourth-order valence-electron chi connectivity index (χ4n) is 1.78. The fraction of sp³-hybridized carbons (Fsp3) is 0.500. The van der Waals surface area contributed by atoms with Crippen molar-refractivity contribution in [3.8, 4) is 0 Å². The van der Waals surface area contributed by atoms with Gasteiger partial charge in [0.05, 0.1) is 6.04 Å². The Balaban J connectivity index is 2.45. The van der Waals surface area contributed by atoms with Crippen molar-refractivity contribution < 1.29 is 13.9 Å². The van der Waals surface area contributed by atoms with Crippen LogP contribution in [0.2, 0.25) is 5.02 Å². The average molecular weight is 288 g/mol. The number of ether oxygens (including phenoxy) is 1. The number of rotatable bonds is 7. The third-order valence-electron chi connectivity index (χ3n) is 2.81. The number of halogens is 2. The van der Waals surface area contributed by atoms with Crippen LogP contribution < -0.4 is 5.32 Å². The maximum absolute atomic E-state index is 12.9. The van der Waals surface area contributed by atoms with Crippen molar-refractivity contribution in [3.05, 3.63) is 34.6 Å². The van der Waals surface area contributed by atoms with Crippen molar-refractivity contribution in [2.24, 2.45) is 0 Å². The van der Waals surface area contributed by atoms with Gasteiger partial charge in [-0.1, -0.05) is 17.7 Å². The van der Waals surface area contributed by atoms with E-state index in [0.717, 1.165) is 12.8 Å². The summed E-state index contributed by atoms with van der Waals surface area (Å²) in [6.45, 7) is 2.48. The lowest BCUT2D eigenvalue weighted by molar-refractivity contribution is -0.121. The molecular weight excluding hydrogens is 269 g/mol. The smallest absolute Gasteiger partial charge is 0.220 e. The number of methoxy groups -OCH3 is 1. The van der Waals surface area contributed by atoms with Crippen LogP contribution in [-0.2, 0) is 9.53 Å². The number of carbonyl (C=O) groups is 1. The highest BCUT2D eigenvalue weighted by Gasteiger charge is 2.12. The molecule has 1 unspecified atom stereocenters. The Morgan fingerprint density at radius 3 is 2.84 bits per heavy atom. The minimum absolute atomic E-state index is 0.0380. The van der Waals surface area contributed by atoms with Gasteiger partial charge >= 0.3 is 0 Å². The topological polar surface area (TPSA) is 38.3 Å². The van der Waals surface area contributed by atoms with Crippen LogP contribution in [0.1, 0.15) is 37.8 Å². The fourth-order valence-corrected chi connectivity index (χ4v) is 2.11. The second-order valence-corrected chi connectivity index (χ2v) is 4.81. The van der Waals surface area contributed by atoms with Gasteiger partial charge in [0.15, 0.2) is 0 Å². The summed E-state index contributed by atoms with van der Waals surface area (Å²) >= 11 is 5.95. The molecule has 0 aliphatic carbocycles. The number of hydrogen-bond donors (Lipinski definition) is 1. The zero-order valence-electron chi connectivity index (χ0n) is 11.2. The highest BCUT2D eigenvalue weighted by molar-refractivity contribution is 6.31. The van der Waals surface area contributed by atoms with Gasteiger partial charge in [0.25, 0.3) is 0 Å². The molecule has 1 atom stereocenters. The molecule has 0 saturated heterocycles. The Bertz CT molecular complexity index is 426. The predicted octanol–water partition coefficient (Wildman–Crippen LogP) is 3.47. The van der Waals surface area contributed by atoms with Crippen molar-refractivity contribution in [2.75, 3.05) is 13.7 Å². The highest BCUT2D eigenvalue weighted by Crippen LogP contribution is 2.23. The standard InChI is InChI=1S/C14H19ClFNO2/c1-10(12-7-6-11(16)9-13(12)15)17-14(18)5-3-4-8-19-2/h6-7,9-10H,3-5,8H2,1-2H3,(H,17,18). The molecular formula is C14H19ClFNO2. The summed E-state index contributed by atoms with van der Waals surface area (Å²) in [5.74, 6) is -0.421. The Hall–Kier alpha value is -1.13. The highest BCUT2D eigenvalue weighted by atomic mass is 35.5. The van der Waals surface area contributed by atoms with E-state index in [4.69, 9.17) is 16.3 Å². The monoisotopic (exact) mass is 287 g/mol. The number of carbonyl (C=O) groups excluding carboxylic acids is 1. The normalized spacial score (nSPS) is 12.2. The number of hydrogen-bond acceptors (Lipinski definition) is 2. The summed E-state index contributed by atoms with van der Waals surface area (Å²) in [6, 6.07) is 3.94. The first-order valence-electron chi connectivity index (χ1n) is 6.28. The number of unbranched alkanes of at least 4 members (excludes halogenated alkanes) is 1. The van der Waals surface area contributed by atoms with Gasteiger partial charge in [-0.2, -0.15) is 0 Å². The third-order valence-corrected chi connectivity index (χ3v) is 3.14. The first kappa shape index (κ1) is 15.9. The van der Waals surface area contributed by atoms with Crippen molar-refractivity contribution in [3.63, 3.8) is 0 Å². The lowest BCUT2D eigenvalue weighted by Gasteiger charge is -2.15. The Kier molecular flexibility index (Phi) is 6.81. The van der Waals surface area contributed by atoms with Crippen LogP contribution >= 0.6 is 11.6 Å². The molecule has 0 spiro atoms. The molecule has 0 fully saturated rings. The van der Waals surface area contributed by atoms with Crippen LogP contribution in [-0.4, -0.2) is 19.6 Å². The van der Waals surface area contributed by atoms with E-state index in [0.29, 0.717) is 23.6 Å². The molecule has 0 heterocycles. The van der Waals surface area contributed by atoms with Gasteiger partial charge in [-0.05, 0) is 37.5 Å². The summed E-state index contributed by atoms with van der Waals surface area (Å²) in [5, 5.41) is 3.17. The summed E-state index contributed by atoms with van der Waals surface area (Å²) in [4.78, 5) is 11.7. The van der Waals surface area contributed by atoms with E-state index in [2.05, 4.69) is 5.32 Å². The first-order chi connectivity index (χ1) is 9.04. The van der Waals surface area contributed by atoms with Crippen LogP contribution in [0.5, 0.6) is 0 Å². The van der Waals surface area contributed by atoms with Crippen molar-refractivity contribution in [1.82, 2.24) is 5.32 Å². The second kappa shape index (κ2) is 8.12. The lowest BCUT2D eigenvalue weighted by atomic mass is 10.1. The second-order valence-electron chi connectivity index (χ2n) is 4.40. The van der Waals surface area contributed by atoms with Gasteiger partial charge in [0.2, 0.25) is 5.91 Å². The molecule has 1 aromatic carbocycles. The molecule has 3 nitrogen and oxygen atoms in total. The van der Waals surface area contributed by atoms with E-state index in [1.165, 1.54) is 12.1 Å². The maximum atomic E-state index is 12.9. The SMILES string of the molecule is COCCCCC(=O)NC(C)c1ccc(F)cc1Cl. The van der Waals surface area contributed by atoms with Crippen LogP contribution in [0.15, 0.2) is 18.2 Å². The van der Waals surface area contributed by atoms with E-state index >= 15 is 0 Å². The lowest BCUT2D eigenvalue weighted by Crippen LogP contribution is -2.26. The van der Waals surface area contributed by atoms with Gasteiger partial charge in [-0.25, -0.2) is 4.39 Å². The van der Waals surface area contributed by atoms with E-state index < -0.39 is 0 Å². The van der Waals surface area contributed by atoms with Gasteiger partial charge < -0.3 is 10.1 Å². The van der Waals surface area contributed by atoms with E-state index in [1.807, 2.05) is 6.92 Å². The zero-order valence-corrected chi connectivity index (χ0v) is 12.0. The van der Waals surface area contributed by atoms with Crippen molar-refractivity contribution in [1.29, 1.82) is 0 Å². The van der Waals surface area contributed by atoms with Crippen molar-refractivity contribution in [2.45, 2.75) is 32.2 Å². The van der Waals surface area contributed by atoms with Crippen LogP contribution in [0, 0.1) is 5.82 Å². The molecule has 5 heteroatoms. The molecule has 0 radical (unpaired) electrons. The summed E-state index contributed by atoms with van der Waals surface area (Å²) in [5.41, 5.74) is 0.716. The molecule has 0 saturated carbocycles. The average Bonchev–Trinajstić information content (AvgIpc) is 2.34. The maximum Gasteiger partial charge on any atom is 0.220 e. The number of nitrogens with one attached hydrogen (secondary N) is 1. The molecule has 0 aliphatic rings. The number of benzene rings is 1. The Morgan fingerprint density at radius 2 is 2.21 bits per heavy atom. The molecule has 0 bridgehead atoms. The first-order valence-corrected chi connectivity index (χ1v) is 6.65. The van der Waals surface area contributed by atoms with Gasteiger partial charge in [0, 0.05) is 25.2 Å². The minimum atomic E-state index is -0.383. The van der Waals surface area contributed by atoms with Crippen LogP contribution in [0.3, 0.4) is 0 Å². The van der Waals surface area contributed by atoms with E-state index in [9.17, 15) is 9.18 Å². The molecule has 0 aliphatic heterocycles. The Labute approximate surface area is 118 Å². The molecule has 1 rings (SSSR count). The largest absolute Gasteiger partial charge is 0.385 e. The molecule has 1 aromatic rings. The van der Waals surface area contributed by atoms with Gasteiger partial charge in [0.1, 0.15) is 5.82 Å². The molecule has 106 valence electrons. The minimum Gasteiger partial charge on any atom is -0.385 e. The molecule has 19 heavy (non-hydrogen) atoms. The number of amides is 1. The zero-order chi connectivity index (χ0) is 14.3. The summed E-state index contributed by atoms with van der Waals surface area (Å²) < 4.78 is 17.8. The molecule has 0 aromatic heterocycles. The molecule has 1 N–H and O–H groups in total. The van der Waals surface area contributed by atoms with E-state index in [-0.39, 0.29) is 17.8 Å². The summed E-state index contributed by atoms with van der Waals surface area (Å²) in [7, 11) is 1.64. The predicted molar refractivity (Wildman–Crippen MR) is 73.7 cm³/mol. The third kappa shape index (κ3) is 5.57. The van der Waals surface area contributed by atoms with Gasteiger partial charge in [-0.15, -0.1) is 0 Å². The van der Waals surface area contributed by atoms with Gasteiger partial charge in [-0.3, -0.25) is 4.79 Å². The van der Waals surface area contributed by atoms with Crippen LogP contribution in [0.25, 0.3) is 0 Å².